The van der Waals surface area contributed by atoms with Crippen molar-refractivity contribution in [3.63, 3.8) is 0 Å². The minimum absolute atomic E-state index is 0.0841. The van der Waals surface area contributed by atoms with Crippen molar-refractivity contribution < 1.29 is 64.0 Å². The number of rotatable bonds is 8. The average molecular weight is 719 g/mol. The smallest absolute Gasteiger partial charge is 0.303 e. The van der Waals surface area contributed by atoms with Crippen LogP contribution >= 0.6 is 0 Å². The predicted molar refractivity (Wildman–Crippen MR) is 180 cm³/mol. The second-order valence-electron chi connectivity index (χ2n) is 17.2. The summed E-state index contributed by atoms with van der Waals surface area (Å²) in [7, 11) is 0. The quantitative estimate of drug-likeness (QED) is 0.119. The van der Waals surface area contributed by atoms with Gasteiger partial charge in [0.25, 0.3) is 0 Å². The first-order valence-corrected chi connectivity index (χ1v) is 17.6. The van der Waals surface area contributed by atoms with Gasteiger partial charge in [0, 0.05) is 30.6 Å². The van der Waals surface area contributed by atoms with Crippen LogP contribution in [0.3, 0.4) is 0 Å². The normalized spacial score (nSPS) is 43.3. The van der Waals surface area contributed by atoms with Crippen molar-refractivity contribution in [3.05, 3.63) is 35.6 Å². The zero-order chi connectivity index (χ0) is 38.4. The van der Waals surface area contributed by atoms with Crippen LogP contribution in [0.15, 0.2) is 35.6 Å². The maximum atomic E-state index is 14.8. The van der Waals surface area contributed by atoms with Gasteiger partial charge in [-0.2, -0.15) is 0 Å². The fourth-order valence-electron chi connectivity index (χ4n) is 10.3. The molecule has 2 saturated carbocycles. The Kier molecular flexibility index (Phi) is 9.80. The Balaban J connectivity index is 1.52. The second-order valence-corrected chi connectivity index (χ2v) is 17.2. The molecule has 3 fully saturated rings. The van der Waals surface area contributed by atoms with Gasteiger partial charge in [0.05, 0.1) is 18.1 Å². The number of carbonyl (C=O) groups is 4. The first-order chi connectivity index (χ1) is 23.3. The van der Waals surface area contributed by atoms with Gasteiger partial charge >= 0.3 is 5.97 Å². The van der Waals surface area contributed by atoms with E-state index >= 15 is 0 Å². The molecule has 0 spiro atoms. The van der Waals surface area contributed by atoms with Crippen LogP contribution in [0.2, 0.25) is 0 Å². The maximum Gasteiger partial charge on any atom is 0.303 e. The van der Waals surface area contributed by atoms with E-state index in [0.29, 0.717) is 12.0 Å². The molecule has 0 bridgehead atoms. The molecular formula is C38H54O13. The molecule has 0 amide bonds. The van der Waals surface area contributed by atoms with Gasteiger partial charge in [-0.15, -0.1) is 0 Å². The molecule has 13 nitrogen and oxygen atoms in total. The monoisotopic (exact) mass is 718 g/mol. The van der Waals surface area contributed by atoms with E-state index in [1.54, 1.807) is 33.8 Å². The number of hydrogen-bond donors (Lipinski definition) is 6. The number of fused-ring (bicyclic) bond motifs is 5. The number of aliphatic hydroxyl groups is 6. The van der Waals surface area contributed by atoms with Gasteiger partial charge in [0.15, 0.2) is 11.5 Å². The summed E-state index contributed by atoms with van der Waals surface area (Å²) in [5.41, 5.74) is -6.62. The standard InChI is InChI=1S/C38H54O13/c1-18(40)51-33(2,3)13-12-25(42)38(9,48)30-21(41)15-35(6)24-11-10-19-20(37(24,8)26(43)16-36(30,35)7)14-22(31(47)34(19,4)5)49-32-29(46)28(45)27(44)23(17-39)50-32/h10,12-14,20-21,23-24,27-30,32,39,41,44-46,48H,11,15-17H2,1-9H3/b13-12+/t20-,21?,23+,24-,27+,28-,29+,30-,32+,35-,36+,37+,38-/m0/s1. The average Bonchev–Trinajstić information content (AvgIpc) is 3.22. The van der Waals surface area contributed by atoms with Crippen LogP contribution in [0.4, 0.5) is 0 Å². The molecule has 4 aliphatic carbocycles. The maximum absolute atomic E-state index is 14.8. The van der Waals surface area contributed by atoms with Crippen LogP contribution in [0.1, 0.15) is 81.6 Å². The summed E-state index contributed by atoms with van der Waals surface area (Å²) in [6.07, 6.45) is -2.57. The van der Waals surface area contributed by atoms with E-state index in [2.05, 4.69) is 0 Å². The van der Waals surface area contributed by atoms with Crippen molar-refractivity contribution in [1.82, 2.24) is 0 Å². The molecule has 51 heavy (non-hydrogen) atoms. The largest absolute Gasteiger partial charge is 0.459 e. The molecule has 0 radical (unpaired) electrons. The van der Waals surface area contributed by atoms with E-state index in [1.165, 1.54) is 19.9 Å². The van der Waals surface area contributed by atoms with Gasteiger partial charge in [0.1, 0.15) is 41.4 Å². The minimum atomic E-state index is -2.09. The van der Waals surface area contributed by atoms with E-state index < -0.39 is 112 Å². The Morgan fingerprint density at radius 2 is 1.63 bits per heavy atom. The molecule has 1 unspecified atom stereocenters. The lowest BCUT2D eigenvalue weighted by molar-refractivity contribution is -0.291. The zero-order valence-corrected chi connectivity index (χ0v) is 30.9. The molecule has 1 aliphatic heterocycles. The minimum Gasteiger partial charge on any atom is -0.459 e. The molecule has 5 rings (SSSR count). The van der Waals surface area contributed by atoms with Gasteiger partial charge < -0.3 is 44.8 Å². The number of ketones is 3. The summed E-state index contributed by atoms with van der Waals surface area (Å²) < 4.78 is 16.7. The molecule has 1 saturated heterocycles. The van der Waals surface area contributed by atoms with Crippen LogP contribution < -0.4 is 0 Å². The highest BCUT2D eigenvalue weighted by atomic mass is 16.7. The molecule has 0 aromatic carbocycles. The summed E-state index contributed by atoms with van der Waals surface area (Å²) >= 11 is 0. The van der Waals surface area contributed by atoms with E-state index in [4.69, 9.17) is 14.2 Å². The van der Waals surface area contributed by atoms with E-state index in [1.807, 2.05) is 26.8 Å². The van der Waals surface area contributed by atoms with E-state index in [-0.39, 0.29) is 24.4 Å². The molecule has 1 heterocycles. The summed E-state index contributed by atoms with van der Waals surface area (Å²) in [5.74, 6) is -4.17. The summed E-state index contributed by atoms with van der Waals surface area (Å²) in [6.45, 7) is 14.2. The van der Waals surface area contributed by atoms with Crippen molar-refractivity contribution in [2.45, 2.75) is 130 Å². The van der Waals surface area contributed by atoms with E-state index in [9.17, 15) is 49.8 Å². The molecule has 0 aromatic heterocycles. The number of ether oxygens (including phenoxy) is 3. The van der Waals surface area contributed by atoms with Gasteiger partial charge in [-0.3, -0.25) is 19.2 Å². The lowest BCUT2D eigenvalue weighted by atomic mass is 9.39. The van der Waals surface area contributed by atoms with Crippen molar-refractivity contribution in [1.29, 1.82) is 0 Å². The van der Waals surface area contributed by atoms with Crippen LogP contribution in [-0.4, -0.2) is 109 Å². The highest BCUT2D eigenvalue weighted by Gasteiger charge is 2.74. The number of allylic oxidation sites excluding steroid dienone is 4. The van der Waals surface area contributed by atoms with Crippen molar-refractivity contribution in [2.24, 2.45) is 39.4 Å². The molecular weight excluding hydrogens is 664 g/mol. The van der Waals surface area contributed by atoms with Gasteiger partial charge in [-0.05, 0) is 82.4 Å². The molecule has 6 N–H and O–H groups in total. The third kappa shape index (κ3) is 5.87. The Hall–Kier alpha value is -2.78. The molecule has 284 valence electrons. The van der Waals surface area contributed by atoms with Gasteiger partial charge in [-0.25, -0.2) is 0 Å². The number of aliphatic hydroxyl groups excluding tert-OH is 5. The molecule has 5 aliphatic rings. The molecule has 13 heteroatoms. The fourth-order valence-corrected chi connectivity index (χ4v) is 10.3. The SMILES string of the molecule is CC(=O)OC(C)(C)/C=C/C(=O)[C@](C)(O)[C@H]1C(O)C[C@@]2(C)[C@@H]3CC=C4[C@H](C=C(O[C@@H]5O[C@H](CO)[C@@H](O)[C@H](O)[C@H]5O)C(=O)C4(C)C)[C@@]3(C)C(=O)C[C@]12C. The third-order valence-electron chi connectivity index (χ3n) is 13.3. The fraction of sp³-hybridized carbons (Fsp3) is 0.737. The number of Topliss-reactive ketones (excluding diaryl/α,β-unsaturated/α-hetero) is 2. The van der Waals surface area contributed by atoms with E-state index in [0.717, 1.165) is 6.08 Å². The lowest BCUT2D eigenvalue weighted by Gasteiger charge is -2.63. The highest BCUT2D eigenvalue weighted by molar-refractivity contribution is 6.02. The summed E-state index contributed by atoms with van der Waals surface area (Å²) in [5, 5.41) is 64.6. The summed E-state index contributed by atoms with van der Waals surface area (Å²) in [6, 6.07) is 0. The highest BCUT2D eigenvalue weighted by Crippen LogP contribution is 2.73. The Labute approximate surface area is 298 Å². The van der Waals surface area contributed by atoms with Crippen LogP contribution in [-0.2, 0) is 33.4 Å². The number of esters is 1. The number of hydrogen-bond acceptors (Lipinski definition) is 13. The van der Waals surface area contributed by atoms with Gasteiger partial charge in [0.2, 0.25) is 12.1 Å². The Bertz CT molecular complexity index is 1570. The van der Waals surface area contributed by atoms with Crippen molar-refractivity contribution in [2.75, 3.05) is 6.61 Å². The Morgan fingerprint density at radius 1 is 1.00 bits per heavy atom. The molecule has 13 atom stereocenters. The van der Waals surface area contributed by atoms with Crippen LogP contribution in [0, 0.1) is 39.4 Å². The Morgan fingerprint density at radius 3 is 2.22 bits per heavy atom. The summed E-state index contributed by atoms with van der Waals surface area (Å²) in [4.78, 5) is 53.9. The first-order valence-electron chi connectivity index (χ1n) is 17.6. The predicted octanol–water partition coefficient (Wildman–Crippen LogP) is 1.45. The van der Waals surface area contributed by atoms with Crippen LogP contribution in [0.25, 0.3) is 0 Å². The lowest BCUT2D eigenvalue weighted by Crippen LogP contribution is -2.64. The zero-order valence-electron chi connectivity index (χ0n) is 30.9. The van der Waals surface area contributed by atoms with Gasteiger partial charge in [-0.1, -0.05) is 32.4 Å². The van der Waals surface area contributed by atoms with Crippen LogP contribution in [0.5, 0.6) is 0 Å². The van der Waals surface area contributed by atoms with Crippen molar-refractivity contribution >= 4 is 23.3 Å². The molecule has 0 aromatic rings. The second kappa shape index (κ2) is 12.7. The van der Waals surface area contributed by atoms with Crippen molar-refractivity contribution in [3.8, 4) is 0 Å². The third-order valence-corrected chi connectivity index (χ3v) is 13.3. The topological polar surface area (TPSA) is 217 Å². The first kappa shape index (κ1) is 39.4. The number of carbonyl (C=O) groups excluding carboxylic acids is 4.